The molecule has 0 spiro atoms. The normalized spacial score (nSPS) is 36.8. The van der Waals surface area contributed by atoms with Crippen LogP contribution in [0.2, 0.25) is 0 Å². The maximum atomic E-state index is 10.2. The third kappa shape index (κ3) is 1.26. The molecule has 3 heteroatoms. The first-order valence-corrected chi connectivity index (χ1v) is 4.56. The highest BCUT2D eigenvalue weighted by atomic mass is 16.5. The molecule has 1 aliphatic heterocycles. The van der Waals surface area contributed by atoms with E-state index in [9.17, 15) is 5.11 Å². The van der Waals surface area contributed by atoms with Crippen LogP contribution in [0.3, 0.4) is 0 Å². The average molecular weight is 173 g/mol. The Bertz CT molecular complexity index is 170. The summed E-state index contributed by atoms with van der Waals surface area (Å²) in [5.74, 6) is 0. The number of hydrogen-bond donors (Lipinski definition) is 2. The predicted octanol–water partition coefficient (Wildman–Crippen LogP) is 0.654. The first kappa shape index (κ1) is 9.96. The molecule has 2 atom stereocenters. The second-order valence-corrected chi connectivity index (χ2v) is 4.05. The SMILES string of the molecule is CCC(N)C1(O)CCOC1(C)C. The molecule has 3 N–H and O–H groups in total. The molecule has 0 aliphatic carbocycles. The summed E-state index contributed by atoms with van der Waals surface area (Å²) in [5.41, 5.74) is 4.52. The zero-order valence-electron chi connectivity index (χ0n) is 8.13. The van der Waals surface area contributed by atoms with Gasteiger partial charge in [0.15, 0.2) is 0 Å². The Hall–Kier alpha value is -0.120. The first-order valence-electron chi connectivity index (χ1n) is 4.56. The molecule has 1 rings (SSSR count). The summed E-state index contributed by atoms with van der Waals surface area (Å²) in [7, 11) is 0. The van der Waals surface area contributed by atoms with Gasteiger partial charge in [-0.05, 0) is 20.3 Å². The van der Waals surface area contributed by atoms with Gasteiger partial charge in [-0.15, -0.1) is 0 Å². The van der Waals surface area contributed by atoms with E-state index in [0.717, 1.165) is 6.42 Å². The lowest BCUT2D eigenvalue weighted by Gasteiger charge is -2.39. The molecule has 12 heavy (non-hydrogen) atoms. The molecule has 0 aromatic heterocycles. The molecule has 72 valence electrons. The van der Waals surface area contributed by atoms with Crippen molar-refractivity contribution in [3.63, 3.8) is 0 Å². The lowest BCUT2D eigenvalue weighted by Crippen LogP contribution is -2.58. The van der Waals surface area contributed by atoms with Crippen molar-refractivity contribution in [2.75, 3.05) is 6.61 Å². The minimum Gasteiger partial charge on any atom is -0.385 e. The molecule has 1 heterocycles. The fraction of sp³-hybridized carbons (Fsp3) is 1.00. The number of aliphatic hydroxyl groups is 1. The topological polar surface area (TPSA) is 55.5 Å². The molecule has 1 aliphatic rings. The van der Waals surface area contributed by atoms with Gasteiger partial charge in [-0.25, -0.2) is 0 Å². The Morgan fingerprint density at radius 2 is 2.17 bits per heavy atom. The third-order valence-electron chi connectivity index (χ3n) is 3.04. The van der Waals surface area contributed by atoms with Gasteiger partial charge < -0.3 is 15.6 Å². The quantitative estimate of drug-likeness (QED) is 0.644. The Morgan fingerprint density at radius 1 is 1.58 bits per heavy atom. The fourth-order valence-electron chi connectivity index (χ4n) is 1.86. The fourth-order valence-corrected chi connectivity index (χ4v) is 1.86. The molecule has 0 radical (unpaired) electrons. The van der Waals surface area contributed by atoms with Crippen LogP contribution in [-0.2, 0) is 4.74 Å². The maximum absolute atomic E-state index is 10.2. The predicted molar refractivity (Wildman–Crippen MR) is 47.9 cm³/mol. The van der Waals surface area contributed by atoms with Crippen molar-refractivity contribution in [1.82, 2.24) is 0 Å². The zero-order valence-corrected chi connectivity index (χ0v) is 8.13. The van der Waals surface area contributed by atoms with Crippen molar-refractivity contribution in [2.24, 2.45) is 5.73 Å². The first-order chi connectivity index (χ1) is 5.44. The van der Waals surface area contributed by atoms with E-state index in [4.69, 9.17) is 10.5 Å². The highest BCUT2D eigenvalue weighted by molar-refractivity contribution is 5.05. The summed E-state index contributed by atoms with van der Waals surface area (Å²) in [5, 5.41) is 10.2. The van der Waals surface area contributed by atoms with Gasteiger partial charge in [0.2, 0.25) is 0 Å². The Morgan fingerprint density at radius 3 is 2.50 bits per heavy atom. The van der Waals surface area contributed by atoms with Crippen LogP contribution in [0.4, 0.5) is 0 Å². The zero-order chi connectivity index (χ0) is 9.41. The molecule has 1 fully saturated rings. The van der Waals surface area contributed by atoms with Gasteiger partial charge in [-0.1, -0.05) is 6.92 Å². The largest absolute Gasteiger partial charge is 0.385 e. The molecule has 0 aromatic rings. The summed E-state index contributed by atoms with van der Waals surface area (Å²) in [6.45, 7) is 6.39. The van der Waals surface area contributed by atoms with E-state index < -0.39 is 11.2 Å². The van der Waals surface area contributed by atoms with Crippen LogP contribution in [0.1, 0.15) is 33.6 Å². The Labute approximate surface area is 73.9 Å². The lowest BCUT2D eigenvalue weighted by molar-refractivity contribution is -0.110. The highest BCUT2D eigenvalue weighted by Gasteiger charge is 2.52. The van der Waals surface area contributed by atoms with Gasteiger partial charge >= 0.3 is 0 Å². The molecule has 0 bridgehead atoms. The van der Waals surface area contributed by atoms with Gasteiger partial charge in [0.1, 0.15) is 5.60 Å². The summed E-state index contributed by atoms with van der Waals surface area (Å²) in [4.78, 5) is 0. The number of ether oxygens (including phenoxy) is 1. The van der Waals surface area contributed by atoms with E-state index >= 15 is 0 Å². The molecule has 1 saturated heterocycles. The van der Waals surface area contributed by atoms with Crippen LogP contribution in [0.25, 0.3) is 0 Å². The van der Waals surface area contributed by atoms with Gasteiger partial charge in [0.25, 0.3) is 0 Å². The van der Waals surface area contributed by atoms with E-state index in [2.05, 4.69) is 0 Å². The average Bonchev–Trinajstić information content (AvgIpc) is 2.26. The molecule has 0 amide bonds. The van der Waals surface area contributed by atoms with E-state index in [0.29, 0.717) is 13.0 Å². The summed E-state index contributed by atoms with van der Waals surface area (Å²) in [6, 6.07) is -0.185. The minimum atomic E-state index is -0.845. The van der Waals surface area contributed by atoms with Crippen LogP contribution in [0.15, 0.2) is 0 Å². The summed E-state index contributed by atoms with van der Waals surface area (Å²) in [6.07, 6.45) is 1.43. The van der Waals surface area contributed by atoms with Crippen molar-refractivity contribution >= 4 is 0 Å². The van der Waals surface area contributed by atoms with Crippen LogP contribution in [0, 0.1) is 0 Å². The van der Waals surface area contributed by atoms with Crippen LogP contribution in [0.5, 0.6) is 0 Å². The van der Waals surface area contributed by atoms with Crippen molar-refractivity contribution in [3.8, 4) is 0 Å². The molecular formula is C9H19NO2. The molecule has 3 nitrogen and oxygen atoms in total. The van der Waals surface area contributed by atoms with Crippen LogP contribution in [-0.4, -0.2) is 29.0 Å². The summed E-state index contributed by atoms with van der Waals surface area (Å²) >= 11 is 0. The van der Waals surface area contributed by atoms with Gasteiger partial charge in [-0.3, -0.25) is 0 Å². The Balaban J connectivity index is 2.82. The lowest BCUT2D eigenvalue weighted by atomic mass is 9.79. The van der Waals surface area contributed by atoms with Crippen LogP contribution >= 0.6 is 0 Å². The summed E-state index contributed by atoms with van der Waals surface area (Å²) < 4.78 is 5.45. The van der Waals surface area contributed by atoms with E-state index in [1.54, 1.807) is 0 Å². The van der Waals surface area contributed by atoms with Crippen LogP contribution < -0.4 is 5.73 Å². The van der Waals surface area contributed by atoms with Gasteiger partial charge in [0, 0.05) is 12.5 Å². The van der Waals surface area contributed by atoms with Crippen molar-refractivity contribution in [1.29, 1.82) is 0 Å². The maximum Gasteiger partial charge on any atom is 0.110 e. The molecule has 0 aromatic carbocycles. The van der Waals surface area contributed by atoms with E-state index in [1.807, 2.05) is 20.8 Å². The van der Waals surface area contributed by atoms with Gasteiger partial charge in [-0.2, -0.15) is 0 Å². The van der Waals surface area contributed by atoms with Gasteiger partial charge in [0.05, 0.1) is 12.2 Å². The molecule has 2 unspecified atom stereocenters. The van der Waals surface area contributed by atoms with E-state index in [1.165, 1.54) is 0 Å². The van der Waals surface area contributed by atoms with E-state index in [-0.39, 0.29) is 6.04 Å². The second-order valence-electron chi connectivity index (χ2n) is 4.05. The number of nitrogens with two attached hydrogens (primary N) is 1. The minimum absolute atomic E-state index is 0.185. The third-order valence-corrected chi connectivity index (χ3v) is 3.04. The van der Waals surface area contributed by atoms with Crippen molar-refractivity contribution in [2.45, 2.75) is 50.9 Å². The molecule has 0 saturated carbocycles. The van der Waals surface area contributed by atoms with Crippen molar-refractivity contribution in [3.05, 3.63) is 0 Å². The Kier molecular flexibility index (Phi) is 2.47. The highest BCUT2D eigenvalue weighted by Crippen LogP contribution is 2.38. The molecular weight excluding hydrogens is 154 g/mol. The standard InChI is InChI=1S/C9H19NO2/c1-4-7(10)9(11)5-6-12-8(9,2)3/h7,11H,4-6,10H2,1-3H3. The number of hydrogen-bond acceptors (Lipinski definition) is 3. The van der Waals surface area contributed by atoms with Crippen molar-refractivity contribution < 1.29 is 9.84 Å². The number of rotatable bonds is 2. The second kappa shape index (κ2) is 2.98. The monoisotopic (exact) mass is 173 g/mol. The smallest absolute Gasteiger partial charge is 0.110 e.